The minimum atomic E-state index is -0.230. The lowest BCUT2D eigenvalue weighted by atomic mass is 9.81. The lowest BCUT2D eigenvalue weighted by Gasteiger charge is -2.27. The molecule has 8 heteroatoms. The largest absolute Gasteiger partial charge is 0.352 e. The Labute approximate surface area is 225 Å². The van der Waals surface area contributed by atoms with Gasteiger partial charge in [-0.2, -0.15) is 0 Å². The zero-order valence-electron chi connectivity index (χ0n) is 22.5. The van der Waals surface area contributed by atoms with Crippen LogP contribution in [0.15, 0.2) is 48.5 Å². The van der Waals surface area contributed by atoms with Gasteiger partial charge in [-0.25, -0.2) is 0 Å². The lowest BCUT2D eigenvalue weighted by molar-refractivity contribution is -0.125. The highest BCUT2D eigenvalue weighted by Crippen LogP contribution is 2.31. The second-order valence-electron chi connectivity index (χ2n) is 9.84. The maximum Gasteiger partial charge on any atom is 0.253 e. The molecule has 1 aliphatic rings. The van der Waals surface area contributed by atoms with Crippen molar-refractivity contribution in [1.82, 2.24) is 10.6 Å². The van der Waals surface area contributed by atoms with Crippen molar-refractivity contribution in [1.29, 1.82) is 0 Å². The topological polar surface area (TPSA) is 116 Å². The van der Waals surface area contributed by atoms with Crippen molar-refractivity contribution in [2.75, 3.05) is 23.7 Å². The molecule has 0 spiro atoms. The van der Waals surface area contributed by atoms with Crippen LogP contribution in [0.4, 0.5) is 11.4 Å². The molecule has 0 radical (unpaired) electrons. The predicted octanol–water partition coefficient (Wildman–Crippen LogP) is 5.13. The maximum atomic E-state index is 13.0. The minimum Gasteiger partial charge on any atom is -0.352 e. The van der Waals surface area contributed by atoms with Gasteiger partial charge in [-0.1, -0.05) is 51.0 Å². The van der Waals surface area contributed by atoms with Crippen LogP contribution in [-0.4, -0.2) is 36.7 Å². The summed E-state index contributed by atoms with van der Waals surface area (Å²) in [4.78, 5) is 51.2. The van der Waals surface area contributed by atoms with Crippen molar-refractivity contribution in [3.8, 4) is 0 Å². The van der Waals surface area contributed by atoms with Crippen LogP contribution >= 0.6 is 0 Å². The van der Waals surface area contributed by atoms with Crippen molar-refractivity contribution in [2.45, 2.75) is 65.2 Å². The average Bonchev–Trinajstić information content (AvgIpc) is 2.93. The molecule has 4 amide bonds. The average molecular weight is 521 g/mol. The summed E-state index contributed by atoms with van der Waals surface area (Å²) in [5.74, 6) is -1.12. The molecule has 0 aliphatic heterocycles. The monoisotopic (exact) mass is 520 g/mol. The number of amides is 4. The van der Waals surface area contributed by atoms with E-state index in [0.29, 0.717) is 61.3 Å². The van der Waals surface area contributed by atoms with E-state index in [1.807, 2.05) is 0 Å². The fraction of sp³-hybridized carbons (Fsp3) is 0.467. The highest BCUT2D eigenvalue weighted by molar-refractivity contribution is 6.05. The third-order valence-electron chi connectivity index (χ3n) is 6.96. The fourth-order valence-electron chi connectivity index (χ4n) is 4.62. The van der Waals surface area contributed by atoms with E-state index in [0.717, 1.165) is 25.7 Å². The van der Waals surface area contributed by atoms with Crippen LogP contribution in [0.1, 0.15) is 85.9 Å². The second kappa shape index (κ2) is 14.9. The van der Waals surface area contributed by atoms with Gasteiger partial charge in [0.1, 0.15) is 0 Å². The molecule has 1 saturated carbocycles. The van der Waals surface area contributed by atoms with Gasteiger partial charge in [0.15, 0.2) is 0 Å². The Balaban J connectivity index is 1.54. The molecular weight excluding hydrogens is 480 g/mol. The highest BCUT2D eigenvalue weighted by Gasteiger charge is 2.31. The molecule has 0 bridgehead atoms. The summed E-state index contributed by atoms with van der Waals surface area (Å²) in [6.07, 6.45) is 6.08. The van der Waals surface area contributed by atoms with Gasteiger partial charge in [0, 0.05) is 24.9 Å². The first-order valence-electron chi connectivity index (χ1n) is 13.8. The molecule has 0 saturated heterocycles. The number of carbonyl (C=O) groups excluding carboxylic acids is 4. The van der Waals surface area contributed by atoms with Crippen LogP contribution in [-0.2, 0) is 9.59 Å². The molecular formula is C30H40N4O4. The van der Waals surface area contributed by atoms with Gasteiger partial charge in [-0.3, -0.25) is 19.2 Å². The summed E-state index contributed by atoms with van der Waals surface area (Å²) in [6.45, 7) is 5.31. The summed E-state index contributed by atoms with van der Waals surface area (Å²) in [5.41, 5.74) is 1.89. The summed E-state index contributed by atoms with van der Waals surface area (Å²) in [7, 11) is 0. The van der Waals surface area contributed by atoms with Crippen molar-refractivity contribution in [3.05, 3.63) is 59.7 Å². The second-order valence-corrected chi connectivity index (χ2v) is 9.84. The Hall–Kier alpha value is -3.68. The Morgan fingerprint density at radius 2 is 1.00 bits per heavy atom. The predicted molar refractivity (Wildman–Crippen MR) is 150 cm³/mol. The van der Waals surface area contributed by atoms with Crippen LogP contribution in [0.2, 0.25) is 0 Å². The Morgan fingerprint density at radius 1 is 0.632 bits per heavy atom. The van der Waals surface area contributed by atoms with Crippen molar-refractivity contribution in [3.63, 3.8) is 0 Å². The molecule has 0 atom stereocenters. The number of para-hydroxylation sites is 2. The normalized spacial score (nSPS) is 16.8. The Kier molecular flexibility index (Phi) is 11.3. The van der Waals surface area contributed by atoms with Gasteiger partial charge in [-0.05, 0) is 62.8 Å². The Morgan fingerprint density at radius 3 is 1.37 bits per heavy atom. The molecule has 0 unspecified atom stereocenters. The first-order valence-corrected chi connectivity index (χ1v) is 13.8. The van der Waals surface area contributed by atoms with Gasteiger partial charge >= 0.3 is 0 Å². The fourth-order valence-corrected chi connectivity index (χ4v) is 4.62. The molecule has 8 nitrogen and oxygen atoms in total. The third kappa shape index (κ3) is 8.16. The summed E-state index contributed by atoms with van der Waals surface area (Å²) in [5, 5.41) is 11.7. The number of hydrogen-bond donors (Lipinski definition) is 4. The van der Waals surface area contributed by atoms with Gasteiger partial charge in [0.2, 0.25) is 11.8 Å². The zero-order valence-corrected chi connectivity index (χ0v) is 22.5. The standard InChI is InChI=1S/C30H40N4O4/c1-3-5-19-31-29(37)23-11-7-9-13-25(23)33-27(35)21-15-17-22(18-16-21)28(36)34-26-14-10-8-12-24(26)30(38)32-20-6-4-2/h7-14,21-22H,3-6,15-20H2,1-2H3,(H,31,37)(H,32,38)(H,33,35)(H,34,36). The SMILES string of the molecule is CCCCNC(=O)c1ccccc1NC(=O)C1CCC(C(=O)Nc2ccccc2C(=O)NCCCC)CC1. The molecule has 204 valence electrons. The van der Waals surface area contributed by atoms with Crippen LogP contribution in [0.3, 0.4) is 0 Å². The van der Waals surface area contributed by atoms with E-state index in [-0.39, 0.29) is 35.5 Å². The first-order chi connectivity index (χ1) is 18.4. The van der Waals surface area contributed by atoms with E-state index in [9.17, 15) is 19.2 Å². The quantitative estimate of drug-likeness (QED) is 0.290. The zero-order chi connectivity index (χ0) is 27.3. The molecule has 1 fully saturated rings. The van der Waals surface area contributed by atoms with E-state index in [2.05, 4.69) is 35.1 Å². The summed E-state index contributed by atoms with van der Waals surface area (Å²) < 4.78 is 0. The van der Waals surface area contributed by atoms with Crippen LogP contribution in [0.5, 0.6) is 0 Å². The molecule has 38 heavy (non-hydrogen) atoms. The van der Waals surface area contributed by atoms with E-state index >= 15 is 0 Å². The van der Waals surface area contributed by atoms with E-state index < -0.39 is 0 Å². The number of nitrogens with one attached hydrogen (secondary N) is 4. The minimum absolute atomic E-state index is 0.133. The van der Waals surface area contributed by atoms with Crippen molar-refractivity contribution < 1.29 is 19.2 Å². The number of rotatable bonds is 12. The van der Waals surface area contributed by atoms with Gasteiger partial charge < -0.3 is 21.3 Å². The van der Waals surface area contributed by atoms with Crippen LogP contribution < -0.4 is 21.3 Å². The van der Waals surface area contributed by atoms with Gasteiger partial charge in [-0.15, -0.1) is 0 Å². The molecule has 0 aromatic heterocycles. The summed E-state index contributed by atoms with van der Waals surface area (Å²) >= 11 is 0. The van der Waals surface area contributed by atoms with E-state index in [1.54, 1.807) is 48.5 Å². The van der Waals surface area contributed by atoms with Crippen LogP contribution in [0.25, 0.3) is 0 Å². The molecule has 1 aliphatic carbocycles. The van der Waals surface area contributed by atoms with Crippen molar-refractivity contribution >= 4 is 35.0 Å². The lowest BCUT2D eigenvalue weighted by Crippen LogP contribution is -2.33. The number of carbonyl (C=O) groups is 4. The molecule has 0 heterocycles. The summed E-state index contributed by atoms with van der Waals surface area (Å²) in [6, 6.07) is 14.0. The Bertz CT molecular complexity index is 1020. The number of hydrogen-bond acceptors (Lipinski definition) is 4. The van der Waals surface area contributed by atoms with Crippen molar-refractivity contribution in [2.24, 2.45) is 11.8 Å². The van der Waals surface area contributed by atoms with Crippen LogP contribution in [0, 0.1) is 11.8 Å². The molecule has 4 N–H and O–H groups in total. The number of anilines is 2. The first kappa shape index (κ1) is 28.9. The third-order valence-corrected chi connectivity index (χ3v) is 6.96. The number of unbranched alkanes of at least 4 members (excludes halogenated alkanes) is 2. The van der Waals surface area contributed by atoms with Gasteiger partial charge in [0.05, 0.1) is 22.5 Å². The smallest absolute Gasteiger partial charge is 0.253 e. The molecule has 2 aromatic carbocycles. The number of benzene rings is 2. The van der Waals surface area contributed by atoms with Gasteiger partial charge in [0.25, 0.3) is 11.8 Å². The molecule has 3 rings (SSSR count). The van der Waals surface area contributed by atoms with E-state index in [1.165, 1.54) is 0 Å². The van der Waals surface area contributed by atoms with E-state index in [4.69, 9.17) is 0 Å². The molecule has 2 aromatic rings. The highest BCUT2D eigenvalue weighted by atomic mass is 16.2. The maximum absolute atomic E-state index is 13.0.